The molecule has 1 aromatic carbocycles. The first kappa shape index (κ1) is 21.6. The molecule has 0 saturated carbocycles. The number of carbonyl (C=O) groups is 3. The molecule has 148 valence electrons. The fourth-order valence-corrected chi connectivity index (χ4v) is 3.34. The molecule has 2 amide bonds. The summed E-state index contributed by atoms with van der Waals surface area (Å²) < 4.78 is 5.51. The van der Waals surface area contributed by atoms with Crippen molar-refractivity contribution in [2.24, 2.45) is 0 Å². The van der Waals surface area contributed by atoms with Crippen LogP contribution in [0, 0.1) is 0 Å². The van der Waals surface area contributed by atoms with Crippen molar-refractivity contribution in [1.82, 2.24) is 10.3 Å². The van der Waals surface area contributed by atoms with Gasteiger partial charge in [-0.25, -0.2) is 0 Å². The monoisotopic (exact) mass is 400 g/mol. The average molecular weight is 401 g/mol. The standard InChI is InChI=1S/C19H18N2O4S.C2H6/c1-2-12-5-8-15(20-10-12)16(22)11-25-14-6-3-13(4-7-14)9-17-18(23)21-19(24)26-17;1-2/h3-8,10,17H,2,9,11H2,1H3,(H,21,23,24);1-2H3. The van der Waals surface area contributed by atoms with Gasteiger partial charge in [0.15, 0.2) is 6.61 Å². The highest BCUT2D eigenvalue weighted by Gasteiger charge is 2.31. The van der Waals surface area contributed by atoms with Gasteiger partial charge in [-0.05, 0) is 42.2 Å². The van der Waals surface area contributed by atoms with E-state index in [0.29, 0.717) is 17.9 Å². The summed E-state index contributed by atoms with van der Waals surface area (Å²) in [7, 11) is 0. The zero-order valence-corrected chi connectivity index (χ0v) is 17.0. The third-order valence-electron chi connectivity index (χ3n) is 4.00. The smallest absolute Gasteiger partial charge is 0.286 e. The number of aryl methyl sites for hydroxylation is 1. The van der Waals surface area contributed by atoms with E-state index in [-0.39, 0.29) is 23.5 Å². The average Bonchev–Trinajstić information content (AvgIpc) is 3.05. The van der Waals surface area contributed by atoms with Crippen LogP contribution in [-0.2, 0) is 17.6 Å². The van der Waals surface area contributed by atoms with Crippen LogP contribution in [0.2, 0.25) is 0 Å². The highest BCUT2D eigenvalue weighted by molar-refractivity contribution is 8.15. The van der Waals surface area contributed by atoms with Crippen molar-refractivity contribution in [2.45, 2.75) is 38.9 Å². The summed E-state index contributed by atoms with van der Waals surface area (Å²) >= 11 is 1.00. The highest BCUT2D eigenvalue weighted by atomic mass is 32.2. The second-order valence-corrected chi connectivity index (χ2v) is 7.02. The Morgan fingerprint density at radius 2 is 1.79 bits per heavy atom. The first-order valence-electron chi connectivity index (χ1n) is 9.26. The molecule has 28 heavy (non-hydrogen) atoms. The van der Waals surface area contributed by atoms with Gasteiger partial charge in [-0.1, -0.05) is 50.7 Å². The summed E-state index contributed by atoms with van der Waals surface area (Å²) in [6.45, 7) is 5.94. The van der Waals surface area contributed by atoms with E-state index in [1.54, 1.807) is 24.4 Å². The van der Waals surface area contributed by atoms with Gasteiger partial charge in [0, 0.05) is 6.20 Å². The minimum Gasteiger partial charge on any atom is -0.485 e. The maximum atomic E-state index is 12.1. The largest absolute Gasteiger partial charge is 0.485 e. The third kappa shape index (κ3) is 5.92. The lowest BCUT2D eigenvalue weighted by Crippen LogP contribution is -2.25. The second-order valence-electron chi connectivity index (χ2n) is 5.85. The van der Waals surface area contributed by atoms with E-state index in [2.05, 4.69) is 10.3 Å². The molecule has 0 spiro atoms. The van der Waals surface area contributed by atoms with Crippen LogP contribution in [-0.4, -0.2) is 33.8 Å². The van der Waals surface area contributed by atoms with Gasteiger partial charge in [-0.2, -0.15) is 0 Å². The van der Waals surface area contributed by atoms with Crippen LogP contribution in [0.4, 0.5) is 4.79 Å². The zero-order chi connectivity index (χ0) is 20.5. The minimum absolute atomic E-state index is 0.0901. The first-order valence-corrected chi connectivity index (χ1v) is 10.1. The Morgan fingerprint density at radius 1 is 1.11 bits per heavy atom. The molecule has 1 atom stereocenters. The van der Waals surface area contributed by atoms with Gasteiger partial charge in [-0.3, -0.25) is 24.7 Å². The van der Waals surface area contributed by atoms with E-state index < -0.39 is 5.25 Å². The number of hydrogen-bond acceptors (Lipinski definition) is 6. The van der Waals surface area contributed by atoms with Crippen LogP contribution in [0.25, 0.3) is 0 Å². The van der Waals surface area contributed by atoms with Crippen LogP contribution >= 0.6 is 11.8 Å². The number of nitrogens with one attached hydrogen (secondary N) is 1. The number of ether oxygens (including phenoxy) is 1. The van der Waals surface area contributed by atoms with Crippen LogP contribution < -0.4 is 10.1 Å². The van der Waals surface area contributed by atoms with E-state index in [4.69, 9.17) is 4.74 Å². The summed E-state index contributed by atoms with van der Waals surface area (Å²) in [6.07, 6.45) is 3.04. The molecular formula is C21H24N2O4S. The Balaban J connectivity index is 0.00000136. The minimum atomic E-state index is -0.395. The molecule has 6 nitrogen and oxygen atoms in total. The molecule has 1 unspecified atom stereocenters. The van der Waals surface area contributed by atoms with Gasteiger partial charge in [-0.15, -0.1) is 0 Å². The molecule has 2 heterocycles. The van der Waals surface area contributed by atoms with Crippen LogP contribution in [0.15, 0.2) is 42.6 Å². The van der Waals surface area contributed by atoms with Crippen LogP contribution in [0.3, 0.4) is 0 Å². The zero-order valence-electron chi connectivity index (χ0n) is 16.2. The fourth-order valence-electron chi connectivity index (χ4n) is 2.48. The van der Waals surface area contributed by atoms with E-state index in [9.17, 15) is 14.4 Å². The Kier molecular flexibility index (Phi) is 8.19. The lowest BCUT2D eigenvalue weighted by Gasteiger charge is -2.08. The highest BCUT2D eigenvalue weighted by Crippen LogP contribution is 2.23. The van der Waals surface area contributed by atoms with Crippen LogP contribution in [0.1, 0.15) is 42.4 Å². The maximum Gasteiger partial charge on any atom is 0.286 e. The van der Waals surface area contributed by atoms with E-state index >= 15 is 0 Å². The molecule has 7 heteroatoms. The lowest BCUT2D eigenvalue weighted by atomic mass is 10.1. The van der Waals surface area contributed by atoms with Gasteiger partial charge in [0.25, 0.3) is 5.24 Å². The molecule has 0 radical (unpaired) electrons. The maximum absolute atomic E-state index is 12.1. The lowest BCUT2D eigenvalue weighted by molar-refractivity contribution is -0.118. The topological polar surface area (TPSA) is 85.4 Å². The summed E-state index contributed by atoms with van der Waals surface area (Å²) in [5, 5.41) is 1.57. The van der Waals surface area contributed by atoms with Gasteiger partial charge in [0.05, 0.1) is 5.25 Å². The molecule has 2 aromatic rings. The normalized spacial score (nSPS) is 15.5. The number of pyridine rings is 1. The number of amides is 2. The number of carbonyl (C=O) groups excluding carboxylic acids is 3. The first-order chi connectivity index (χ1) is 13.5. The number of benzene rings is 1. The van der Waals surface area contributed by atoms with Gasteiger partial charge >= 0.3 is 0 Å². The molecule has 0 bridgehead atoms. The predicted molar refractivity (Wildman–Crippen MR) is 110 cm³/mol. The van der Waals surface area contributed by atoms with Gasteiger partial charge in [0.2, 0.25) is 11.7 Å². The molecule has 1 N–H and O–H groups in total. The van der Waals surface area contributed by atoms with Crippen molar-refractivity contribution < 1.29 is 19.1 Å². The van der Waals surface area contributed by atoms with Gasteiger partial charge in [0.1, 0.15) is 11.4 Å². The molecule has 3 rings (SSSR count). The quantitative estimate of drug-likeness (QED) is 0.711. The van der Waals surface area contributed by atoms with E-state index in [1.165, 1.54) is 0 Å². The Labute approximate surface area is 169 Å². The predicted octanol–water partition coefficient (Wildman–Crippen LogP) is 3.83. The fraction of sp³-hybridized carbons (Fsp3) is 0.333. The number of rotatable bonds is 7. The van der Waals surface area contributed by atoms with Crippen molar-refractivity contribution in [3.63, 3.8) is 0 Å². The number of thioether (sulfide) groups is 1. The van der Waals surface area contributed by atoms with Crippen molar-refractivity contribution in [1.29, 1.82) is 0 Å². The molecule has 1 aliphatic heterocycles. The van der Waals surface area contributed by atoms with E-state index in [0.717, 1.165) is 29.3 Å². The summed E-state index contributed by atoms with van der Waals surface area (Å²) in [6, 6.07) is 10.7. The van der Waals surface area contributed by atoms with E-state index in [1.807, 2.05) is 39.0 Å². The van der Waals surface area contributed by atoms with Gasteiger partial charge < -0.3 is 4.74 Å². The molecule has 1 aliphatic rings. The Hall–Kier alpha value is -2.67. The number of ketones is 1. The van der Waals surface area contributed by atoms with Crippen molar-refractivity contribution in [2.75, 3.05) is 6.61 Å². The van der Waals surface area contributed by atoms with Crippen molar-refractivity contribution in [3.8, 4) is 5.75 Å². The molecule has 1 fully saturated rings. The number of imide groups is 1. The summed E-state index contributed by atoms with van der Waals surface area (Å²) in [5.41, 5.74) is 2.38. The number of hydrogen-bond donors (Lipinski definition) is 1. The number of Topliss-reactive ketones (excluding diaryl/α,β-unsaturated/α-hetero) is 1. The second kappa shape index (κ2) is 10.6. The molecule has 1 saturated heterocycles. The summed E-state index contributed by atoms with van der Waals surface area (Å²) in [4.78, 5) is 39.0. The Morgan fingerprint density at radius 3 is 2.32 bits per heavy atom. The van der Waals surface area contributed by atoms with Crippen molar-refractivity contribution in [3.05, 3.63) is 59.4 Å². The van der Waals surface area contributed by atoms with Crippen LogP contribution in [0.5, 0.6) is 5.75 Å². The van der Waals surface area contributed by atoms with Crippen molar-refractivity contribution >= 4 is 28.7 Å². The number of nitrogens with zero attached hydrogens (tertiary/aromatic N) is 1. The molecule has 0 aliphatic carbocycles. The number of aromatic nitrogens is 1. The third-order valence-corrected chi connectivity index (χ3v) is 4.98. The Bertz CT molecular complexity index is 819. The molecular weight excluding hydrogens is 376 g/mol. The summed E-state index contributed by atoms with van der Waals surface area (Å²) in [5.74, 6) is 0.119. The molecule has 1 aromatic heterocycles. The SMILES string of the molecule is CC.CCc1ccc(C(=O)COc2ccc(CC3SC(=O)NC3=O)cc2)nc1.